The molecule has 0 radical (unpaired) electrons. The first kappa shape index (κ1) is 37.5. The van der Waals surface area contributed by atoms with Crippen molar-refractivity contribution in [2.24, 2.45) is 0 Å². The SMILES string of the molecule is CC(C)(C)c1nc(-c2cccc(NS(=O)(=O)c3c(F)cccc3F)c2F)c(-c2ccnc(N)n2)s1.CS(=O)(=O)O.CS(=O)(=O)O. The summed E-state index contributed by atoms with van der Waals surface area (Å²) in [6.45, 7) is 5.83. The Morgan fingerprint density at radius 3 is 1.84 bits per heavy atom. The van der Waals surface area contributed by atoms with E-state index < -0.39 is 58.3 Å². The highest BCUT2D eigenvalue weighted by molar-refractivity contribution is 7.92. The van der Waals surface area contributed by atoms with E-state index in [1.165, 1.54) is 29.7 Å². The lowest BCUT2D eigenvalue weighted by Gasteiger charge is -2.14. The molecular weight excluding hydrogens is 684 g/mol. The van der Waals surface area contributed by atoms with E-state index in [0.717, 1.165) is 24.3 Å². The van der Waals surface area contributed by atoms with Crippen LogP contribution in [0.25, 0.3) is 21.8 Å². The lowest BCUT2D eigenvalue weighted by atomic mass is 9.98. The molecule has 0 aliphatic heterocycles. The van der Waals surface area contributed by atoms with Crippen molar-refractivity contribution in [3.05, 3.63) is 71.1 Å². The van der Waals surface area contributed by atoms with E-state index in [0.29, 0.717) is 28.1 Å². The van der Waals surface area contributed by atoms with Crippen molar-refractivity contribution in [2.45, 2.75) is 31.1 Å². The predicted octanol–water partition coefficient (Wildman–Crippen LogP) is 4.37. The minimum absolute atomic E-state index is 0.0213. The van der Waals surface area contributed by atoms with Gasteiger partial charge in [-0.25, -0.2) is 36.5 Å². The fraction of sp³-hybridized carbons (Fsp3) is 0.240. The summed E-state index contributed by atoms with van der Waals surface area (Å²) in [5, 5.41) is 0.679. The number of anilines is 2. The van der Waals surface area contributed by atoms with Crippen LogP contribution < -0.4 is 10.5 Å². The number of hydrogen-bond donors (Lipinski definition) is 4. The van der Waals surface area contributed by atoms with Gasteiger partial charge in [0, 0.05) is 17.2 Å². The number of nitrogens with one attached hydrogen (secondary N) is 1. The third-order valence-corrected chi connectivity index (χ3v) is 7.78. The van der Waals surface area contributed by atoms with Crippen LogP contribution in [0.5, 0.6) is 0 Å². The van der Waals surface area contributed by atoms with E-state index in [-0.39, 0.29) is 22.6 Å². The van der Waals surface area contributed by atoms with E-state index in [4.69, 9.17) is 14.8 Å². The molecule has 4 rings (SSSR count). The Balaban J connectivity index is 0.000000613. The van der Waals surface area contributed by atoms with Crippen molar-refractivity contribution < 1.29 is 47.5 Å². The van der Waals surface area contributed by atoms with Gasteiger partial charge in [-0.2, -0.15) is 16.8 Å². The number of sulfonamides is 1. The number of nitrogens with zero attached hydrogens (tertiary/aromatic N) is 3. The summed E-state index contributed by atoms with van der Waals surface area (Å²) in [6, 6.07) is 8.20. The summed E-state index contributed by atoms with van der Waals surface area (Å²) < 4.78 is 123. The molecule has 0 spiro atoms. The highest BCUT2D eigenvalue weighted by Gasteiger charge is 2.28. The fourth-order valence-electron chi connectivity index (χ4n) is 3.23. The van der Waals surface area contributed by atoms with Crippen LogP contribution in [-0.4, -0.2) is 61.8 Å². The van der Waals surface area contributed by atoms with Gasteiger partial charge in [-0.15, -0.1) is 11.3 Å². The molecule has 0 aliphatic carbocycles. The maximum absolute atomic E-state index is 15.7. The summed E-state index contributed by atoms with van der Waals surface area (Å²) in [6.07, 6.45) is 2.89. The van der Waals surface area contributed by atoms with Gasteiger partial charge in [0.2, 0.25) is 5.95 Å². The Kier molecular flexibility index (Phi) is 11.8. The second kappa shape index (κ2) is 14.2. The second-order valence-corrected chi connectivity index (χ2v) is 15.6. The zero-order valence-corrected chi connectivity index (χ0v) is 27.4. The molecule has 4 aromatic rings. The monoisotopic (exact) mass is 711 g/mol. The van der Waals surface area contributed by atoms with E-state index in [2.05, 4.69) is 15.0 Å². The number of aromatic nitrogens is 3. The van der Waals surface area contributed by atoms with Crippen molar-refractivity contribution in [3.63, 3.8) is 0 Å². The van der Waals surface area contributed by atoms with E-state index in [1.54, 1.807) is 6.07 Å². The number of rotatable bonds is 5. The third-order valence-electron chi connectivity index (χ3n) is 4.86. The molecule has 0 amide bonds. The number of thiazole rings is 1. The van der Waals surface area contributed by atoms with Gasteiger partial charge in [-0.3, -0.25) is 13.8 Å². The standard InChI is InChI=1S/C23H20F3N5O2S2.2CH4O3S/c1-23(2,3)21-30-18(19(34-21)16-10-11-28-22(27)29-16)12-6-4-9-15(17(12)26)31-35(32,33)20-13(24)7-5-8-14(20)25;2*1-5(2,3)4/h4-11,31H,1-3H3,(H2,27,28,29);2*1H3,(H,2,3,4). The molecule has 45 heavy (non-hydrogen) atoms. The molecule has 0 fully saturated rings. The Bertz CT molecular complexity index is 1950. The van der Waals surface area contributed by atoms with Crippen LogP contribution in [0, 0.1) is 17.5 Å². The van der Waals surface area contributed by atoms with Gasteiger partial charge in [0.25, 0.3) is 30.3 Å². The molecule has 0 bridgehead atoms. The molecule has 20 heteroatoms. The molecular formula is C25H28F3N5O8S4. The molecule has 0 unspecified atom stereocenters. The maximum Gasteiger partial charge on any atom is 0.267 e. The molecule has 0 saturated heterocycles. The summed E-state index contributed by atoms with van der Waals surface area (Å²) in [4.78, 5) is 12.0. The van der Waals surface area contributed by atoms with Crippen LogP contribution in [0.2, 0.25) is 0 Å². The minimum Gasteiger partial charge on any atom is -0.368 e. The summed E-state index contributed by atoms with van der Waals surface area (Å²) in [7, 11) is -12.1. The molecule has 2 heterocycles. The number of halogens is 3. The van der Waals surface area contributed by atoms with Gasteiger partial charge >= 0.3 is 0 Å². The number of nitrogen functional groups attached to an aromatic ring is 1. The molecule has 2 aromatic heterocycles. The van der Waals surface area contributed by atoms with Crippen LogP contribution in [0.3, 0.4) is 0 Å². The van der Waals surface area contributed by atoms with Gasteiger partial charge in [0.15, 0.2) is 10.7 Å². The fourth-order valence-corrected chi connectivity index (χ4v) is 5.53. The molecule has 13 nitrogen and oxygen atoms in total. The molecule has 0 aliphatic rings. The normalized spacial score (nSPS) is 12.0. The Hall–Kier alpha value is -3.69. The van der Waals surface area contributed by atoms with Crippen molar-refractivity contribution in [3.8, 4) is 21.8 Å². The molecule has 0 atom stereocenters. The summed E-state index contributed by atoms with van der Waals surface area (Å²) in [5.41, 5.74) is 5.46. The van der Waals surface area contributed by atoms with Crippen LogP contribution >= 0.6 is 11.3 Å². The van der Waals surface area contributed by atoms with Crippen molar-refractivity contribution >= 4 is 53.2 Å². The number of benzene rings is 2. The van der Waals surface area contributed by atoms with Crippen LogP contribution in [-0.2, 0) is 35.7 Å². The third kappa shape index (κ3) is 11.6. The number of hydrogen-bond acceptors (Lipinski definition) is 11. The average molecular weight is 712 g/mol. The molecule has 0 saturated carbocycles. The van der Waals surface area contributed by atoms with Gasteiger partial charge in [-0.05, 0) is 30.3 Å². The first-order valence-corrected chi connectivity index (χ1v) is 18.1. The first-order chi connectivity index (χ1) is 20.4. The summed E-state index contributed by atoms with van der Waals surface area (Å²) in [5.74, 6) is -3.55. The quantitative estimate of drug-likeness (QED) is 0.212. The predicted molar refractivity (Wildman–Crippen MR) is 164 cm³/mol. The Morgan fingerprint density at radius 2 is 1.36 bits per heavy atom. The Labute approximate surface area is 262 Å². The topological polar surface area (TPSA) is 220 Å². The van der Waals surface area contributed by atoms with Gasteiger partial charge < -0.3 is 5.73 Å². The highest BCUT2D eigenvalue weighted by Crippen LogP contribution is 2.42. The lowest BCUT2D eigenvalue weighted by molar-refractivity contribution is 0.488. The molecule has 2 aromatic carbocycles. The average Bonchev–Trinajstić information content (AvgIpc) is 3.29. The van der Waals surface area contributed by atoms with Crippen LogP contribution in [0.1, 0.15) is 25.8 Å². The highest BCUT2D eigenvalue weighted by atomic mass is 32.2. The van der Waals surface area contributed by atoms with Gasteiger partial charge in [0.1, 0.15) is 11.6 Å². The van der Waals surface area contributed by atoms with Crippen LogP contribution in [0.15, 0.2) is 53.6 Å². The van der Waals surface area contributed by atoms with Crippen molar-refractivity contribution in [1.29, 1.82) is 0 Å². The largest absolute Gasteiger partial charge is 0.368 e. The first-order valence-electron chi connectivity index (χ1n) is 12.1. The van der Waals surface area contributed by atoms with Crippen LogP contribution in [0.4, 0.5) is 24.8 Å². The minimum atomic E-state index is -4.78. The molecule has 5 N–H and O–H groups in total. The lowest BCUT2D eigenvalue weighted by Crippen LogP contribution is -2.17. The van der Waals surface area contributed by atoms with Gasteiger partial charge in [-0.1, -0.05) is 32.9 Å². The Morgan fingerprint density at radius 1 is 0.844 bits per heavy atom. The van der Waals surface area contributed by atoms with Gasteiger partial charge in [0.05, 0.1) is 39.5 Å². The van der Waals surface area contributed by atoms with E-state index in [9.17, 15) is 34.0 Å². The summed E-state index contributed by atoms with van der Waals surface area (Å²) >= 11 is 1.29. The second-order valence-electron chi connectivity index (χ2n) is 10.0. The van der Waals surface area contributed by atoms with E-state index >= 15 is 4.39 Å². The van der Waals surface area contributed by atoms with E-state index in [1.807, 2.05) is 25.5 Å². The zero-order valence-electron chi connectivity index (χ0n) is 24.1. The van der Waals surface area contributed by atoms with Crippen molar-refractivity contribution in [1.82, 2.24) is 15.0 Å². The zero-order chi connectivity index (χ0) is 34.5. The number of nitrogens with two attached hydrogens (primary N) is 1. The maximum atomic E-state index is 15.7. The molecule has 246 valence electrons. The van der Waals surface area contributed by atoms with Crippen molar-refractivity contribution in [2.75, 3.05) is 23.0 Å². The smallest absolute Gasteiger partial charge is 0.267 e.